The Hall–Kier alpha value is -2.17. The molecular weight excluding hydrogens is 348 g/mol. The van der Waals surface area contributed by atoms with Gasteiger partial charge in [0.1, 0.15) is 0 Å². The monoisotopic (exact) mass is 370 g/mol. The molecule has 5 heteroatoms. The van der Waals surface area contributed by atoms with Gasteiger partial charge in [-0.2, -0.15) is 0 Å². The summed E-state index contributed by atoms with van der Waals surface area (Å²) >= 11 is 0. The summed E-state index contributed by atoms with van der Waals surface area (Å²) in [7, 11) is 0. The fourth-order valence-electron chi connectivity index (χ4n) is 3.92. The van der Waals surface area contributed by atoms with Crippen molar-refractivity contribution in [1.82, 2.24) is 5.32 Å². The highest BCUT2D eigenvalue weighted by Gasteiger charge is 2.29. The molecule has 0 fully saturated rings. The smallest absolute Gasteiger partial charge is 0.319 e. The van der Waals surface area contributed by atoms with Gasteiger partial charge in [-0.3, -0.25) is 9.79 Å². The first kappa shape index (κ1) is 18.6. The zero-order chi connectivity index (χ0) is 17.2. The number of carbonyl (C=O) groups excluding carboxylic acids is 1. The first-order chi connectivity index (χ1) is 12.3. The molecule has 1 heterocycles. The molecule has 0 saturated heterocycles. The van der Waals surface area contributed by atoms with Crippen LogP contribution in [0.4, 0.5) is 0 Å². The highest BCUT2D eigenvalue weighted by molar-refractivity contribution is 5.85. The second-order valence-corrected chi connectivity index (χ2v) is 6.49. The van der Waals surface area contributed by atoms with E-state index in [9.17, 15) is 4.79 Å². The molecule has 4 nitrogen and oxygen atoms in total. The van der Waals surface area contributed by atoms with Crippen molar-refractivity contribution in [3.05, 3.63) is 70.2 Å². The van der Waals surface area contributed by atoms with Crippen molar-refractivity contribution < 1.29 is 9.53 Å². The molecule has 1 aliphatic heterocycles. The topological polar surface area (TPSA) is 50.7 Å². The third-order valence-electron chi connectivity index (χ3n) is 4.99. The number of benzene rings is 2. The van der Waals surface area contributed by atoms with E-state index in [0.29, 0.717) is 6.61 Å². The molecule has 136 valence electrons. The van der Waals surface area contributed by atoms with Gasteiger partial charge in [0.15, 0.2) is 0 Å². The number of nitrogens with one attached hydrogen (secondary N) is 1. The number of hydrogen-bond donors (Lipinski definition) is 1. The number of nitrogens with zero attached hydrogens (tertiary/aromatic N) is 1. The summed E-state index contributed by atoms with van der Waals surface area (Å²) in [6.45, 7) is 2.49. The lowest BCUT2D eigenvalue weighted by atomic mass is 9.85. The van der Waals surface area contributed by atoms with Crippen LogP contribution in [0.1, 0.15) is 43.0 Å². The maximum Gasteiger partial charge on any atom is 0.319 e. The van der Waals surface area contributed by atoms with Crippen molar-refractivity contribution in [2.45, 2.75) is 31.8 Å². The van der Waals surface area contributed by atoms with E-state index in [4.69, 9.17) is 9.73 Å². The Kier molecular flexibility index (Phi) is 5.74. The minimum atomic E-state index is -0.197. The molecule has 2 aliphatic rings. The van der Waals surface area contributed by atoms with Crippen molar-refractivity contribution in [3.63, 3.8) is 0 Å². The van der Waals surface area contributed by atoms with Gasteiger partial charge in [-0.1, -0.05) is 42.5 Å². The Bertz CT molecular complexity index is 911. The Morgan fingerprint density at radius 3 is 2.77 bits per heavy atom. The van der Waals surface area contributed by atoms with E-state index in [2.05, 4.69) is 47.8 Å². The zero-order valence-corrected chi connectivity index (χ0v) is 15.6. The van der Waals surface area contributed by atoms with Gasteiger partial charge in [0, 0.05) is 11.3 Å². The van der Waals surface area contributed by atoms with Gasteiger partial charge in [-0.15, -0.1) is 12.4 Å². The van der Waals surface area contributed by atoms with Crippen LogP contribution >= 0.6 is 12.4 Å². The van der Waals surface area contributed by atoms with Crippen molar-refractivity contribution in [3.8, 4) is 0 Å². The van der Waals surface area contributed by atoms with E-state index < -0.39 is 0 Å². The summed E-state index contributed by atoms with van der Waals surface area (Å²) in [5, 5.41) is 5.72. The van der Waals surface area contributed by atoms with E-state index in [-0.39, 0.29) is 37.0 Å². The molecule has 0 bridgehead atoms. The van der Waals surface area contributed by atoms with Gasteiger partial charge in [0.05, 0.1) is 24.6 Å². The van der Waals surface area contributed by atoms with Gasteiger partial charge >= 0.3 is 5.97 Å². The Labute approximate surface area is 159 Å². The molecule has 2 atom stereocenters. The van der Waals surface area contributed by atoms with Crippen LogP contribution in [0.5, 0.6) is 0 Å². The van der Waals surface area contributed by atoms with E-state index >= 15 is 0 Å². The largest absolute Gasteiger partial charge is 0.465 e. The molecular formula is C21H23ClN2O2. The predicted molar refractivity (Wildman–Crippen MR) is 104 cm³/mol. The molecule has 2 aromatic rings. The minimum absolute atomic E-state index is 0. The van der Waals surface area contributed by atoms with E-state index in [1.54, 1.807) is 0 Å². The van der Waals surface area contributed by atoms with Crippen molar-refractivity contribution in [1.29, 1.82) is 0 Å². The summed E-state index contributed by atoms with van der Waals surface area (Å²) in [5.41, 5.74) is 3.91. The van der Waals surface area contributed by atoms with Crippen LogP contribution in [0.25, 0.3) is 5.57 Å². The summed E-state index contributed by atoms with van der Waals surface area (Å²) in [5.74, 6) is -0.197. The van der Waals surface area contributed by atoms with Crippen LogP contribution in [0.3, 0.4) is 0 Å². The van der Waals surface area contributed by atoms with Crippen molar-refractivity contribution in [2.24, 2.45) is 4.99 Å². The highest BCUT2D eigenvalue weighted by Crippen LogP contribution is 2.35. The first-order valence-electron chi connectivity index (χ1n) is 8.91. The van der Waals surface area contributed by atoms with Crippen molar-refractivity contribution in [2.75, 3.05) is 13.2 Å². The number of halogens is 1. The van der Waals surface area contributed by atoms with Crippen molar-refractivity contribution >= 4 is 23.9 Å². The van der Waals surface area contributed by atoms with Gasteiger partial charge < -0.3 is 10.1 Å². The maximum atomic E-state index is 11.7. The Morgan fingerprint density at radius 2 is 2.00 bits per heavy atom. The molecule has 2 unspecified atom stereocenters. The summed E-state index contributed by atoms with van der Waals surface area (Å²) in [6.07, 6.45) is 1.97. The average molecular weight is 371 g/mol. The predicted octanol–water partition coefficient (Wildman–Crippen LogP) is 2.62. The first-order valence-corrected chi connectivity index (χ1v) is 8.91. The average Bonchev–Trinajstić information content (AvgIpc) is 3.03. The molecule has 26 heavy (non-hydrogen) atoms. The number of hydrogen-bond acceptors (Lipinski definition) is 4. The minimum Gasteiger partial charge on any atom is -0.465 e. The number of rotatable bonds is 5. The fraction of sp³-hybridized carbons (Fsp3) is 0.333. The molecule has 0 aromatic heterocycles. The number of esters is 1. The summed E-state index contributed by atoms with van der Waals surface area (Å²) in [4.78, 5) is 16.6. The summed E-state index contributed by atoms with van der Waals surface area (Å²) < 4.78 is 5.03. The third-order valence-corrected chi connectivity index (χ3v) is 4.99. The second kappa shape index (κ2) is 8.02. The van der Waals surface area contributed by atoms with E-state index in [1.165, 1.54) is 21.9 Å². The standard InChI is InChI=1S/C21H22N2O2.ClH/c1-2-25-19(24)13-22-17-12-11-16-20-15(17)9-6-10-18(20)23-21(16)14-7-4-3-5-8-14;/h3-10,17,21-22H,2,11-13H2,1H3;1H. The molecule has 0 amide bonds. The van der Waals surface area contributed by atoms with Crippen LogP contribution in [0.15, 0.2) is 53.5 Å². The van der Waals surface area contributed by atoms with Gasteiger partial charge in [0.2, 0.25) is 0 Å². The van der Waals surface area contributed by atoms with Gasteiger partial charge in [0.25, 0.3) is 0 Å². The normalized spacial score (nSPS) is 20.0. The second-order valence-electron chi connectivity index (χ2n) is 6.49. The van der Waals surface area contributed by atoms with Gasteiger partial charge in [-0.25, -0.2) is 0 Å². The Morgan fingerprint density at radius 1 is 1.19 bits per heavy atom. The SMILES string of the molecule is CCOC(=O)CNC1CCC2=c3c1cccc3=NC2c1ccccc1.Cl. The molecule has 1 N–H and O–H groups in total. The zero-order valence-electron chi connectivity index (χ0n) is 14.8. The van der Waals surface area contributed by atoms with Crippen LogP contribution in [0.2, 0.25) is 0 Å². The molecule has 2 aromatic carbocycles. The highest BCUT2D eigenvalue weighted by atomic mass is 35.5. The maximum absolute atomic E-state index is 11.7. The van der Waals surface area contributed by atoms with Crippen LogP contribution in [-0.4, -0.2) is 19.1 Å². The quantitative estimate of drug-likeness (QED) is 0.823. The van der Waals surface area contributed by atoms with Crippen LogP contribution in [-0.2, 0) is 9.53 Å². The third kappa shape index (κ3) is 3.39. The van der Waals surface area contributed by atoms with Crippen LogP contribution < -0.4 is 15.9 Å². The lowest BCUT2D eigenvalue weighted by Crippen LogP contribution is -2.38. The Balaban J connectivity index is 0.00000196. The molecule has 4 rings (SSSR count). The fourth-order valence-corrected chi connectivity index (χ4v) is 3.92. The van der Waals surface area contributed by atoms with Gasteiger partial charge in [-0.05, 0) is 42.5 Å². The van der Waals surface area contributed by atoms with E-state index in [0.717, 1.165) is 18.2 Å². The summed E-state index contributed by atoms with van der Waals surface area (Å²) in [6, 6.07) is 17.1. The molecule has 0 saturated carbocycles. The number of ether oxygens (including phenoxy) is 1. The van der Waals surface area contributed by atoms with Crippen LogP contribution in [0, 0.1) is 0 Å². The molecule has 0 radical (unpaired) electrons. The number of carbonyl (C=O) groups is 1. The lowest BCUT2D eigenvalue weighted by molar-refractivity contribution is -0.142. The lowest BCUT2D eigenvalue weighted by Gasteiger charge is -2.25. The molecule has 0 spiro atoms. The van der Waals surface area contributed by atoms with E-state index in [1.807, 2.05) is 13.0 Å². The molecule has 1 aliphatic carbocycles.